The van der Waals surface area contributed by atoms with E-state index in [2.05, 4.69) is 14.9 Å². The maximum Gasteiger partial charge on any atom is 0.180 e. The fourth-order valence-corrected chi connectivity index (χ4v) is 3.74. The summed E-state index contributed by atoms with van der Waals surface area (Å²) in [5.74, 6) is -0.177. The first-order valence-corrected chi connectivity index (χ1v) is 8.28. The standard InChI is InChI=1S/C16H17FN4S/c17-10-1-2-14-12(7-10)13-8-21(6-4-15(13)20-14)5-3-11-9-22-16(18)19-11/h1-2,7,9,20H,3-6,8H2,(H2,18,19). The molecule has 22 heavy (non-hydrogen) atoms. The second kappa shape index (κ2) is 5.37. The normalized spacial score (nSPS) is 15.3. The third kappa shape index (κ3) is 2.48. The van der Waals surface area contributed by atoms with E-state index in [4.69, 9.17) is 5.73 Å². The highest BCUT2D eigenvalue weighted by molar-refractivity contribution is 7.13. The molecule has 0 fully saturated rings. The lowest BCUT2D eigenvalue weighted by molar-refractivity contribution is 0.257. The molecule has 3 aromatic rings. The number of nitrogens with one attached hydrogen (secondary N) is 1. The van der Waals surface area contributed by atoms with Crippen molar-refractivity contribution >= 4 is 27.4 Å². The van der Waals surface area contributed by atoms with Crippen LogP contribution in [0.1, 0.15) is 17.0 Å². The summed E-state index contributed by atoms with van der Waals surface area (Å²) in [6.45, 7) is 2.82. The van der Waals surface area contributed by atoms with Gasteiger partial charge < -0.3 is 10.7 Å². The number of aromatic amines is 1. The summed E-state index contributed by atoms with van der Waals surface area (Å²) < 4.78 is 13.5. The predicted molar refractivity (Wildman–Crippen MR) is 87.5 cm³/mol. The summed E-state index contributed by atoms with van der Waals surface area (Å²) >= 11 is 1.49. The SMILES string of the molecule is Nc1nc(CCN2CCc3[nH]c4ccc(F)cc4c3C2)cs1. The molecule has 1 aromatic carbocycles. The second-order valence-electron chi connectivity index (χ2n) is 5.73. The molecule has 3 N–H and O–H groups in total. The summed E-state index contributed by atoms with van der Waals surface area (Å²) in [4.78, 5) is 10.1. The number of anilines is 1. The highest BCUT2D eigenvalue weighted by atomic mass is 32.1. The average molecular weight is 316 g/mol. The predicted octanol–water partition coefficient (Wildman–Crippen LogP) is 2.95. The van der Waals surface area contributed by atoms with E-state index in [1.807, 2.05) is 11.4 Å². The summed E-state index contributed by atoms with van der Waals surface area (Å²) in [5.41, 5.74) is 10.2. The minimum atomic E-state index is -0.177. The van der Waals surface area contributed by atoms with Crippen LogP contribution in [0.5, 0.6) is 0 Å². The van der Waals surface area contributed by atoms with Crippen molar-refractivity contribution < 1.29 is 4.39 Å². The van der Waals surface area contributed by atoms with Gasteiger partial charge in [-0.15, -0.1) is 11.3 Å². The van der Waals surface area contributed by atoms with Crippen LogP contribution in [-0.4, -0.2) is 28.0 Å². The molecule has 0 unspecified atom stereocenters. The van der Waals surface area contributed by atoms with Gasteiger partial charge in [0.05, 0.1) is 5.69 Å². The number of nitrogens with two attached hydrogens (primary N) is 1. The zero-order valence-corrected chi connectivity index (χ0v) is 12.9. The quantitative estimate of drug-likeness (QED) is 0.781. The molecule has 0 bridgehead atoms. The highest BCUT2D eigenvalue weighted by Crippen LogP contribution is 2.28. The minimum absolute atomic E-state index is 0.177. The van der Waals surface area contributed by atoms with Crippen LogP contribution >= 0.6 is 11.3 Å². The van der Waals surface area contributed by atoms with Gasteiger partial charge in [0, 0.05) is 54.5 Å². The molecule has 6 heteroatoms. The van der Waals surface area contributed by atoms with E-state index < -0.39 is 0 Å². The van der Waals surface area contributed by atoms with Crippen LogP contribution in [0.15, 0.2) is 23.6 Å². The fraction of sp³-hybridized carbons (Fsp3) is 0.312. The number of fused-ring (bicyclic) bond motifs is 3. The monoisotopic (exact) mass is 316 g/mol. The summed E-state index contributed by atoms with van der Waals surface area (Å²) in [6, 6.07) is 4.97. The lowest BCUT2D eigenvalue weighted by Gasteiger charge is -2.26. The molecule has 0 spiro atoms. The third-order valence-electron chi connectivity index (χ3n) is 4.27. The maximum absolute atomic E-state index is 13.5. The molecule has 2 aromatic heterocycles. The van der Waals surface area contributed by atoms with Crippen LogP contribution < -0.4 is 5.73 Å². The van der Waals surface area contributed by atoms with Gasteiger partial charge in [-0.25, -0.2) is 9.37 Å². The van der Waals surface area contributed by atoms with E-state index >= 15 is 0 Å². The molecule has 0 saturated carbocycles. The van der Waals surface area contributed by atoms with E-state index in [-0.39, 0.29) is 5.82 Å². The Morgan fingerprint density at radius 1 is 1.41 bits per heavy atom. The number of hydrogen-bond donors (Lipinski definition) is 2. The van der Waals surface area contributed by atoms with Crippen molar-refractivity contribution in [3.8, 4) is 0 Å². The summed E-state index contributed by atoms with van der Waals surface area (Å²) in [5, 5.41) is 3.66. The number of hydrogen-bond acceptors (Lipinski definition) is 4. The van der Waals surface area contributed by atoms with Crippen molar-refractivity contribution in [1.82, 2.24) is 14.9 Å². The Morgan fingerprint density at radius 3 is 3.14 bits per heavy atom. The van der Waals surface area contributed by atoms with Crippen molar-refractivity contribution in [2.75, 3.05) is 18.8 Å². The molecule has 0 atom stereocenters. The van der Waals surface area contributed by atoms with Crippen LogP contribution in [0.3, 0.4) is 0 Å². The zero-order valence-electron chi connectivity index (χ0n) is 12.1. The lowest BCUT2D eigenvalue weighted by Crippen LogP contribution is -2.32. The maximum atomic E-state index is 13.5. The Bertz CT molecular complexity index is 823. The topological polar surface area (TPSA) is 57.9 Å². The number of nitrogen functional groups attached to an aromatic ring is 1. The van der Waals surface area contributed by atoms with Gasteiger partial charge in [-0.2, -0.15) is 0 Å². The molecule has 1 aliphatic rings. The molecule has 3 heterocycles. The highest BCUT2D eigenvalue weighted by Gasteiger charge is 2.20. The van der Waals surface area contributed by atoms with E-state index in [9.17, 15) is 4.39 Å². The summed E-state index contributed by atoms with van der Waals surface area (Å²) in [7, 11) is 0. The Labute approximate surface area is 131 Å². The first kappa shape index (κ1) is 13.7. The van der Waals surface area contributed by atoms with Gasteiger partial charge in [-0.05, 0) is 23.8 Å². The molecule has 4 rings (SSSR count). The number of thiazole rings is 1. The van der Waals surface area contributed by atoms with Gasteiger partial charge in [0.25, 0.3) is 0 Å². The molecule has 0 aliphatic carbocycles. The van der Waals surface area contributed by atoms with E-state index in [0.29, 0.717) is 5.13 Å². The Hall–Kier alpha value is -1.92. The van der Waals surface area contributed by atoms with Gasteiger partial charge in [-0.1, -0.05) is 0 Å². The second-order valence-corrected chi connectivity index (χ2v) is 6.61. The molecular formula is C16H17FN4S. The molecular weight excluding hydrogens is 299 g/mol. The van der Waals surface area contributed by atoms with E-state index in [0.717, 1.165) is 49.1 Å². The Balaban J connectivity index is 1.53. The van der Waals surface area contributed by atoms with E-state index in [1.165, 1.54) is 28.7 Å². The van der Waals surface area contributed by atoms with Gasteiger partial charge in [-0.3, -0.25) is 4.90 Å². The largest absolute Gasteiger partial charge is 0.375 e. The van der Waals surface area contributed by atoms with Crippen molar-refractivity contribution in [3.05, 3.63) is 46.3 Å². The van der Waals surface area contributed by atoms with Gasteiger partial charge in [0.15, 0.2) is 5.13 Å². The third-order valence-corrected chi connectivity index (χ3v) is 4.99. The first-order chi connectivity index (χ1) is 10.7. The molecule has 114 valence electrons. The van der Waals surface area contributed by atoms with Crippen LogP contribution in [0.25, 0.3) is 10.9 Å². The smallest absolute Gasteiger partial charge is 0.180 e. The fourth-order valence-electron chi connectivity index (χ4n) is 3.14. The first-order valence-electron chi connectivity index (χ1n) is 7.40. The molecule has 0 radical (unpaired) electrons. The summed E-state index contributed by atoms with van der Waals surface area (Å²) in [6.07, 6.45) is 1.88. The number of rotatable bonds is 3. The number of aromatic nitrogens is 2. The van der Waals surface area contributed by atoms with Gasteiger partial charge in [0.1, 0.15) is 5.82 Å². The zero-order chi connectivity index (χ0) is 15.1. The number of nitrogens with zero attached hydrogens (tertiary/aromatic N) is 2. The van der Waals surface area contributed by atoms with Gasteiger partial charge in [0.2, 0.25) is 0 Å². The lowest BCUT2D eigenvalue weighted by atomic mass is 10.0. The van der Waals surface area contributed by atoms with Crippen LogP contribution in [0.4, 0.5) is 9.52 Å². The number of H-pyrrole nitrogens is 1. The molecule has 4 nitrogen and oxygen atoms in total. The molecule has 0 saturated heterocycles. The van der Waals surface area contributed by atoms with Crippen molar-refractivity contribution in [1.29, 1.82) is 0 Å². The Morgan fingerprint density at radius 2 is 2.32 bits per heavy atom. The van der Waals surface area contributed by atoms with Crippen molar-refractivity contribution in [2.24, 2.45) is 0 Å². The van der Waals surface area contributed by atoms with E-state index in [1.54, 1.807) is 6.07 Å². The van der Waals surface area contributed by atoms with Crippen LogP contribution in [0, 0.1) is 5.82 Å². The van der Waals surface area contributed by atoms with Crippen molar-refractivity contribution in [2.45, 2.75) is 19.4 Å². The van der Waals surface area contributed by atoms with Crippen LogP contribution in [-0.2, 0) is 19.4 Å². The number of benzene rings is 1. The molecule has 1 aliphatic heterocycles. The van der Waals surface area contributed by atoms with Gasteiger partial charge >= 0.3 is 0 Å². The molecule has 0 amide bonds. The Kier molecular flexibility index (Phi) is 3.35. The van der Waals surface area contributed by atoms with Crippen LogP contribution in [0.2, 0.25) is 0 Å². The van der Waals surface area contributed by atoms with Crippen molar-refractivity contribution in [3.63, 3.8) is 0 Å². The number of halogens is 1. The average Bonchev–Trinajstić information content (AvgIpc) is 3.08. The minimum Gasteiger partial charge on any atom is -0.375 e.